The summed E-state index contributed by atoms with van der Waals surface area (Å²) in [6.45, 7) is 3.56. The third kappa shape index (κ3) is 3.44. The monoisotopic (exact) mass is 400 g/mol. The van der Waals surface area contributed by atoms with E-state index in [9.17, 15) is 18.0 Å². The molecule has 0 unspecified atom stereocenters. The summed E-state index contributed by atoms with van der Waals surface area (Å²) in [6, 6.07) is 5.94. The van der Waals surface area contributed by atoms with E-state index in [0.717, 1.165) is 17.5 Å². The number of alkyl halides is 3. The van der Waals surface area contributed by atoms with Crippen LogP contribution in [-0.4, -0.2) is 31.1 Å². The number of nitrogens with zero attached hydrogens (tertiary/aromatic N) is 3. The Balaban J connectivity index is 1.67. The highest BCUT2D eigenvalue weighted by Gasteiger charge is 2.35. The van der Waals surface area contributed by atoms with E-state index < -0.39 is 11.9 Å². The van der Waals surface area contributed by atoms with Gasteiger partial charge in [-0.15, -0.1) is 0 Å². The molecule has 4 aromatic heterocycles. The molecule has 0 aromatic carbocycles. The quantitative estimate of drug-likeness (QED) is 0.479. The molecule has 0 aliphatic rings. The van der Waals surface area contributed by atoms with E-state index in [1.807, 2.05) is 0 Å². The number of nitrogens with one attached hydrogen (secondary N) is 3. The third-order valence-electron chi connectivity index (χ3n) is 4.57. The second-order valence-corrected chi connectivity index (χ2v) is 6.51. The smallest absolute Gasteiger partial charge is 0.339 e. The number of amides is 1. The molecule has 3 N–H and O–H groups in total. The van der Waals surface area contributed by atoms with Crippen LogP contribution in [-0.2, 0) is 6.18 Å². The highest BCUT2D eigenvalue weighted by Crippen LogP contribution is 2.36. The van der Waals surface area contributed by atoms with Gasteiger partial charge in [-0.3, -0.25) is 14.9 Å². The first-order valence-corrected chi connectivity index (χ1v) is 8.58. The lowest BCUT2D eigenvalue weighted by Crippen LogP contribution is -2.13. The first-order valence-electron chi connectivity index (χ1n) is 8.58. The van der Waals surface area contributed by atoms with Crippen LogP contribution in [0, 0.1) is 13.8 Å². The standard InChI is InChI=1S/C19H15F3N6O/c1-9-10(2)27-28-15(9)18(29)25-12-6-11-7-14(26-17(11)24-8-12)13-4-3-5-23-16(13)19(20,21)22/h3-8H,1-2H3,(H,24,26)(H,25,29)(H,27,28). The maximum absolute atomic E-state index is 13.2. The molecule has 148 valence electrons. The van der Waals surface area contributed by atoms with Gasteiger partial charge in [-0.2, -0.15) is 18.3 Å². The summed E-state index contributed by atoms with van der Waals surface area (Å²) in [5.41, 5.74) is 1.76. The van der Waals surface area contributed by atoms with E-state index >= 15 is 0 Å². The highest BCUT2D eigenvalue weighted by atomic mass is 19.4. The van der Waals surface area contributed by atoms with Gasteiger partial charge in [0.1, 0.15) is 11.3 Å². The van der Waals surface area contributed by atoms with E-state index in [1.165, 1.54) is 24.4 Å². The number of aromatic nitrogens is 5. The molecule has 0 aliphatic carbocycles. The number of pyridine rings is 2. The Kier molecular flexibility index (Phi) is 4.33. The Hall–Kier alpha value is -3.69. The molecule has 4 aromatic rings. The van der Waals surface area contributed by atoms with E-state index in [-0.39, 0.29) is 17.2 Å². The van der Waals surface area contributed by atoms with Crippen LogP contribution >= 0.6 is 0 Å². The average molecular weight is 400 g/mol. The normalized spacial score (nSPS) is 11.8. The van der Waals surface area contributed by atoms with Crippen molar-refractivity contribution in [2.45, 2.75) is 20.0 Å². The van der Waals surface area contributed by atoms with Crippen LogP contribution in [0.4, 0.5) is 18.9 Å². The van der Waals surface area contributed by atoms with E-state index in [0.29, 0.717) is 22.4 Å². The fraction of sp³-hybridized carbons (Fsp3) is 0.158. The van der Waals surface area contributed by atoms with Crippen molar-refractivity contribution in [1.82, 2.24) is 25.1 Å². The Morgan fingerprint density at radius 1 is 1.17 bits per heavy atom. The number of H-pyrrole nitrogens is 2. The molecule has 0 spiro atoms. The van der Waals surface area contributed by atoms with Gasteiger partial charge in [0.25, 0.3) is 5.91 Å². The molecule has 0 saturated carbocycles. The van der Waals surface area contributed by atoms with Crippen LogP contribution in [0.25, 0.3) is 22.3 Å². The van der Waals surface area contributed by atoms with E-state index in [1.54, 1.807) is 19.9 Å². The predicted octanol–water partition coefficient (Wildman–Crippen LogP) is 4.24. The predicted molar refractivity (Wildman–Crippen MR) is 100 cm³/mol. The topological polar surface area (TPSA) is 99.4 Å². The zero-order valence-electron chi connectivity index (χ0n) is 15.3. The molecule has 4 rings (SSSR count). The maximum atomic E-state index is 13.2. The fourth-order valence-electron chi connectivity index (χ4n) is 2.98. The van der Waals surface area contributed by atoms with Gasteiger partial charge in [0.05, 0.1) is 17.6 Å². The molecule has 29 heavy (non-hydrogen) atoms. The summed E-state index contributed by atoms with van der Waals surface area (Å²) in [6.07, 6.45) is -2.06. The number of aromatic amines is 2. The molecule has 0 bridgehead atoms. The number of hydrogen-bond acceptors (Lipinski definition) is 4. The van der Waals surface area contributed by atoms with E-state index in [2.05, 4.69) is 30.5 Å². The molecular weight excluding hydrogens is 385 g/mol. The highest BCUT2D eigenvalue weighted by molar-refractivity contribution is 6.04. The second kappa shape index (κ2) is 6.73. The van der Waals surface area contributed by atoms with Gasteiger partial charge in [-0.25, -0.2) is 4.98 Å². The van der Waals surface area contributed by atoms with Gasteiger partial charge in [-0.1, -0.05) is 0 Å². The van der Waals surface area contributed by atoms with Crippen molar-refractivity contribution in [3.63, 3.8) is 0 Å². The molecule has 0 atom stereocenters. The lowest BCUT2D eigenvalue weighted by atomic mass is 10.1. The van der Waals surface area contributed by atoms with Gasteiger partial charge >= 0.3 is 6.18 Å². The van der Waals surface area contributed by atoms with E-state index in [4.69, 9.17) is 0 Å². The first-order chi connectivity index (χ1) is 13.7. The molecule has 7 nitrogen and oxygen atoms in total. The zero-order valence-corrected chi connectivity index (χ0v) is 15.3. The van der Waals surface area contributed by atoms with Crippen molar-refractivity contribution in [3.05, 3.63) is 59.3 Å². The maximum Gasteiger partial charge on any atom is 0.434 e. The van der Waals surface area contributed by atoms with Gasteiger partial charge in [0.2, 0.25) is 0 Å². The van der Waals surface area contributed by atoms with Gasteiger partial charge in [0, 0.05) is 28.4 Å². The Labute approximate surface area is 162 Å². The Morgan fingerprint density at radius 2 is 1.97 bits per heavy atom. The summed E-state index contributed by atoms with van der Waals surface area (Å²) in [5.74, 6) is -0.383. The molecule has 0 aliphatic heterocycles. The number of anilines is 1. The second-order valence-electron chi connectivity index (χ2n) is 6.51. The Morgan fingerprint density at radius 3 is 2.66 bits per heavy atom. The minimum atomic E-state index is -4.58. The summed E-state index contributed by atoms with van der Waals surface area (Å²) in [5, 5.41) is 9.92. The number of halogens is 3. The lowest BCUT2D eigenvalue weighted by Gasteiger charge is -2.09. The third-order valence-corrected chi connectivity index (χ3v) is 4.57. The van der Waals surface area contributed by atoms with Crippen molar-refractivity contribution in [2.24, 2.45) is 0 Å². The number of aryl methyl sites for hydroxylation is 1. The van der Waals surface area contributed by atoms with Crippen molar-refractivity contribution in [1.29, 1.82) is 0 Å². The van der Waals surface area contributed by atoms with Crippen LogP contribution in [0.2, 0.25) is 0 Å². The summed E-state index contributed by atoms with van der Waals surface area (Å²) < 4.78 is 39.7. The lowest BCUT2D eigenvalue weighted by molar-refractivity contribution is -0.140. The fourth-order valence-corrected chi connectivity index (χ4v) is 2.98. The van der Waals surface area contributed by atoms with Crippen LogP contribution < -0.4 is 5.32 Å². The first kappa shape index (κ1) is 18.7. The Bertz CT molecular complexity index is 1220. The molecule has 1 amide bonds. The number of rotatable bonds is 3. The van der Waals surface area contributed by atoms with Gasteiger partial charge in [0.15, 0.2) is 5.69 Å². The SMILES string of the molecule is Cc1n[nH]c(C(=O)Nc2cnc3[nH]c(-c4cccnc4C(F)(F)F)cc3c2)c1C. The van der Waals surface area contributed by atoms with Gasteiger partial charge in [-0.05, 0) is 38.1 Å². The average Bonchev–Trinajstić information content (AvgIpc) is 3.24. The minimum Gasteiger partial charge on any atom is -0.339 e. The zero-order chi connectivity index (χ0) is 20.8. The number of hydrogen-bond donors (Lipinski definition) is 3. The molecule has 10 heteroatoms. The molecule has 4 heterocycles. The van der Waals surface area contributed by atoms with Crippen molar-refractivity contribution < 1.29 is 18.0 Å². The van der Waals surface area contributed by atoms with Crippen LogP contribution in [0.15, 0.2) is 36.7 Å². The van der Waals surface area contributed by atoms with Crippen molar-refractivity contribution in [3.8, 4) is 11.3 Å². The molecular formula is C19H15F3N6O. The van der Waals surface area contributed by atoms with Crippen LogP contribution in [0.5, 0.6) is 0 Å². The number of carbonyl (C=O) groups is 1. The molecule has 0 fully saturated rings. The largest absolute Gasteiger partial charge is 0.434 e. The van der Waals surface area contributed by atoms with Crippen molar-refractivity contribution >= 4 is 22.6 Å². The summed E-state index contributed by atoms with van der Waals surface area (Å²) in [4.78, 5) is 22.9. The number of fused-ring (bicyclic) bond motifs is 1. The van der Waals surface area contributed by atoms with Crippen LogP contribution in [0.1, 0.15) is 27.4 Å². The molecule has 0 saturated heterocycles. The summed E-state index contributed by atoms with van der Waals surface area (Å²) in [7, 11) is 0. The van der Waals surface area contributed by atoms with Crippen molar-refractivity contribution in [2.75, 3.05) is 5.32 Å². The molecule has 0 radical (unpaired) electrons. The van der Waals surface area contributed by atoms with Gasteiger partial charge < -0.3 is 10.3 Å². The minimum absolute atomic E-state index is 0.0767. The summed E-state index contributed by atoms with van der Waals surface area (Å²) >= 11 is 0. The number of carbonyl (C=O) groups excluding carboxylic acids is 1. The van der Waals surface area contributed by atoms with Crippen LogP contribution in [0.3, 0.4) is 0 Å².